The average molecular weight is 440 g/mol. The second kappa shape index (κ2) is 11.5. The van der Waals surface area contributed by atoms with Gasteiger partial charge in [0, 0.05) is 44.8 Å². The predicted molar refractivity (Wildman–Crippen MR) is 127 cm³/mol. The second-order valence-corrected chi connectivity index (χ2v) is 7.75. The molecule has 1 aromatic carbocycles. The quantitative estimate of drug-likeness (QED) is 0.625. The van der Waals surface area contributed by atoms with Crippen molar-refractivity contribution >= 4 is 23.3 Å². The molecule has 0 atom stereocenters. The molecule has 2 aromatic rings. The number of hydrogen-bond acceptors (Lipinski definition) is 6. The molecule has 1 aliphatic heterocycles. The van der Waals surface area contributed by atoms with E-state index in [9.17, 15) is 9.59 Å². The number of carbonyl (C=O) groups is 2. The van der Waals surface area contributed by atoms with Gasteiger partial charge in [0.05, 0.1) is 24.6 Å². The van der Waals surface area contributed by atoms with Crippen molar-refractivity contribution in [3.63, 3.8) is 0 Å². The van der Waals surface area contributed by atoms with Crippen LogP contribution in [0.2, 0.25) is 0 Å². The molecule has 0 bridgehead atoms. The lowest BCUT2D eigenvalue weighted by Crippen LogP contribution is -2.45. The summed E-state index contributed by atoms with van der Waals surface area (Å²) in [6.45, 7) is 8.69. The molecule has 172 valence electrons. The zero-order chi connectivity index (χ0) is 22.9. The van der Waals surface area contributed by atoms with Crippen LogP contribution in [-0.2, 0) is 0 Å². The summed E-state index contributed by atoms with van der Waals surface area (Å²) < 4.78 is 5.15. The van der Waals surface area contributed by atoms with Gasteiger partial charge in [-0.25, -0.2) is 4.98 Å². The number of nitrogens with one attached hydrogen (secondary N) is 2. The van der Waals surface area contributed by atoms with Gasteiger partial charge in [-0.05, 0) is 43.7 Å². The van der Waals surface area contributed by atoms with Crippen LogP contribution in [0.1, 0.15) is 47.4 Å². The maximum absolute atomic E-state index is 13.4. The monoisotopic (exact) mass is 439 g/mol. The van der Waals surface area contributed by atoms with E-state index in [0.717, 1.165) is 39.0 Å². The van der Waals surface area contributed by atoms with Gasteiger partial charge in [0.2, 0.25) is 0 Å². The van der Waals surface area contributed by atoms with Gasteiger partial charge < -0.3 is 25.2 Å². The van der Waals surface area contributed by atoms with Gasteiger partial charge >= 0.3 is 0 Å². The van der Waals surface area contributed by atoms with Crippen molar-refractivity contribution in [2.75, 3.05) is 56.6 Å². The molecular formula is C24H33N5O3. The standard InChI is InChI=1S/C24H33N5O3/c1-4-6-13-28(5-2)24(31)21-16-19(17-26-22(21)29-14-11-25-12-15-29)27-23(30)18-7-9-20(32-3)10-8-18/h7-10,16-17,25H,4-6,11-15H2,1-3H3,(H,27,30). The number of unbranched alkanes of at least 4 members (excludes halogenated alkanes) is 1. The first-order chi connectivity index (χ1) is 15.6. The molecular weight excluding hydrogens is 406 g/mol. The molecule has 0 aliphatic carbocycles. The number of nitrogens with zero attached hydrogens (tertiary/aromatic N) is 3. The smallest absolute Gasteiger partial charge is 0.257 e. The minimum atomic E-state index is -0.263. The minimum absolute atomic E-state index is 0.0532. The van der Waals surface area contributed by atoms with E-state index in [1.165, 1.54) is 0 Å². The van der Waals surface area contributed by atoms with Crippen molar-refractivity contribution in [2.24, 2.45) is 0 Å². The summed E-state index contributed by atoms with van der Waals surface area (Å²) in [5, 5.41) is 6.21. The van der Waals surface area contributed by atoms with Crippen LogP contribution in [0.4, 0.5) is 11.5 Å². The van der Waals surface area contributed by atoms with Crippen molar-refractivity contribution < 1.29 is 14.3 Å². The number of anilines is 2. The van der Waals surface area contributed by atoms with E-state index in [4.69, 9.17) is 4.74 Å². The fourth-order valence-electron chi connectivity index (χ4n) is 3.68. The molecule has 0 unspecified atom stereocenters. The van der Waals surface area contributed by atoms with Crippen molar-refractivity contribution in [3.05, 3.63) is 47.7 Å². The zero-order valence-corrected chi connectivity index (χ0v) is 19.2. The highest BCUT2D eigenvalue weighted by molar-refractivity contribution is 6.06. The van der Waals surface area contributed by atoms with E-state index < -0.39 is 0 Å². The summed E-state index contributed by atoms with van der Waals surface area (Å²) in [5.74, 6) is 1.04. The highest BCUT2D eigenvalue weighted by Crippen LogP contribution is 2.24. The van der Waals surface area contributed by atoms with Crippen LogP contribution in [-0.4, -0.2) is 68.1 Å². The predicted octanol–water partition coefficient (Wildman–Crippen LogP) is 3.01. The summed E-state index contributed by atoms with van der Waals surface area (Å²) in [7, 11) is 1.58. The van der Waals surface area contributed by atoms with Gasteiger partial charge in [0.25, 0.3) is 11.8 Å². The molecule has 2 heterocycles. The molecule has 0 radical (unpaired) electrons. The van der Waals surface area contributed by atoms with Gasteiger partial charge in [-0.15, -0.1) is 0 Å². The van der Waals surface area contributed by atoms with Crippen molar-refractivity contribution in [2.45, 2.75) is 26.7 Å². The van der Waals surface area contributed by atoms with E-state index in [1.807, 2.05) is 11.8 Å². The fraction of sp³-hybridized carbons (Fsp3) is 0.458. The first-order valence-electron chi connectivity index (χ1n) is 11.3. The zero-order valence-electron chi connectivity index (χ0n) is 19.2. The second-order valence-electron chi connectivity index (χ2n) is 7.75. The van der Waals surface area contributed by atoms with Gasteiger partial charge in [-0.2, -0.15) is 0 Å². The first kappa shape index (κ1) is 23.5. The van der Waals surface area contributed by atoms with Crippen LogP contribution >= 0.6 is 0 Å². The van der Waals surface area contributed by atoms with Gasteiger partial charge in [0.1, 0.15) is 11.6 Å². The molecule has 8 nitrogen and oxygen atoms in total. The number of methoxy groups -OCH3 is 1. The lowest BCUT2D eigenvalue weighted by Gasteiger charge is -2.31. The van der Waals surface area contributed by atoms with Crippen LogP contribution in [0.5, 0.6) is 5.75 Å². The Morgan fingerprint density at radius 2 is 1.91 bits per heavy atom. The van der Waals surface area contributed by atoms with Gasteiger partial charge in [-0.1, -0.05) is 13.3 Å². The number of amides is 2. The van der Waals surface area contributed by atoms with Gasteiger partial charge in [0.15, 0.2) is 0 Å². The lowest BCUT2D eigenvalue weighted by atomic mass is 10.1. The molecule has 1 aromatic heterocycles. The van der Waals surface area contributed by atoms with Crippen LogP contribution in [0.3, 0.4) is 0 Å². The maximum Gasteiger partial charge on any atom is 0.257 e. The highest BCUT2D eigenvalue weighted by Gasteiger charge is 2.24. The molecule has 2 amide bonds. The number of rotatable bonds is 9. The normalized spacial score (nSPS) is 13.5. The average Bonchev–Trinajstić information content (AvgIpc) is 2.85. The third kappa shape index (κ3) is 5.76. The van der Waals surface area contributed by atoms with E-state index in [0.29, 0.717) is 41.5 Å². The molecule has 32 heavy (non-hydrogen) atoms. The number of ether oxygens (including phenoxy) is 1. The van der Waals surface area contributed by atoms with Crippen LogP contribution in [0.15, 0.2) is 36.5 Å². The van der Waals surface area contributed by atoms with E-state index >= 15 is 0 Å². The topological polar surface area (TPSA) is 86.8 Å². The lowest BCUT2D eigenvalue weighted by molar-refractivity contribution is 0.0762. The summed E-state index contributed by atoms with van der Waals surface area (Å²) in [5.41, 5.74) is 1.53. The molecule has 1 saturated heterocycles. The summed E-state index contributed by atoms with van der Waals surface area (Å²) in [6, 6.07) is 8.63. The van der Waals surface area contributed by atoms with Crippen LogP contribution < -0.4 is 20.3 Å². The summed E-state index contributed by atoms with van der Waals surface area (Å²) >= 11 is 0. The molecule has 0 saturated carbocycles. The Labute approximate surface area is 190 Å². The Bertz CT molecular complexity index is 910. The maximum atomic E-state index is 13.4. The Morgan fingerprint density at radius 3 is 2.53 bits per heavy atom. The molecule has 0 spiro atoms. The van der Waals surface area contributed by atoms with Crippen molar-refractivity contribution in [1.29, 1.82) is 0 Å². The Hall–Kier alpha value is -3.13. The highest BCUT2D eigenvalue weighted by atomic mass is 16.5. The van der Waals surface area contributed by atoms with E-state index in [2.05, 4.69) is 27.4 Å². The Morgan fingerprint density at radius 1 is 1.19 bits per heavy atom. The first-order valence-corrected chi connectivity index (χ1v) is 11.3. The largest absolute Gasteiger partial charge is 0.497 e. The molecule has 1 fully saturated rings. The fourth-order valence-corrected chi connectivity index (χ4v) is 3.68. The van der Waals surface area contributed by atoms with Gasteiger partial charge in [-0.3, -0.25) is 9.59 Å². The Balaban J connectivity index is 1.87. The van der Waals surface area contributed by atoms with Crippen molar-refractivity contribution in [3.8, 4) is 5.75 Å². The molecule has 2 N–H and O–H groups in total. The summed E-state index contributed by atoms with van der Waals surface area (Å²) in [4.78, 5) is 34.8. The van der Waals surface area contributed by atoms with Crippen LogP contribution in [0, 0.1) is 0 Å². The number of aromatic nitrogens is 1. The number of piperazine rings is 1. The number of pyridine rings is 1. The molecule has 8 heteroatoms. The van der Waals surface area contributed by atoms with Crippen molar-refractivity contribution in [1.82, 2.24) is 15.2 Å². The Kier molecular flexibility index (Phi) is 8.44. The summed E-state index contributed by atoms with van der Waals surface area (Å²) in [6.07, 6.45) is 3.59. The van der Waals surface area contributed by atoms with E-state index in [-0.39, 0.29) is 11.8 Å². The number of hydrogen-bond donors (Lipinski definition) is 2. The molecule has 3 rings (SSSR count). The number of benzene rings is 1. The number of carbonyl (C=O) groups excluding carboxylic acids is 2. The van der Waals surface area contributed by atoms with E-state index in [1.54, 1.807) is 43.6 Å². The molecule has 1 aliphatic rings. The SMILES string of the molecule is CCCCN(CC)C(=O)c1cc(NC(=O)c2ccc(OC)cc2)cnc1N1CCNCC1. The minimum Gasteiger partial charge on any atom is -0.497 e. The third-order valence-electron chi connectivity index (χ3n) is 5.57. The third-order valence-corrected chi connectivity index (χ3v) is 5.57. The van der Waals surface area contributed by atoms with Crippen LogP contribution in [0.25, 0.3) is 0 Å².